The number of hydrogen-bond acceptors (Lipinski definition) is 7. The molecule has 0 aliphatic carbocycles. The quantitative estimate of drug-likeness (QED) is 0.563. The van der Waals surface area contributed by atoms with Crippen molar-refractivity contribution in [3.63, 3.8) is 0 Å². The number of nitriles is 1. The van der Waals surface area contributed by atoms with Crippen LogP contribution in [0.3, 0.4) is 0 Å². The molecule has 1 amide bonds. The number of aromatic nitrogens is 5. The van der Waals surface area contributed by atoms with Gasteiger partial charge in [0.15, 0.2) is 11.6 Å². The van der Waals surface area contributed by atoms with Gasteiger partial charge in [0.25, 0.3) is 0 Å². The number of halogens is 1. The van der Waals surface area contributed by atoms with Crippen LogP contribution < -0.4 is 4.74 Å². The maximum atomic E-state index is 14.5. The minimum absolute atomic E-state index is 0.00203. The van der Waals surface area contributed by atoms with Gasteiger partial charge in [0.2, 0.25) is 0 Å². The molecule has 33 heavy (non-hydrogen) atoms. The second-order valence-electron chi connectivity index (χ2n) is 7.98. The summed E-state index contributed by atoms with van der Waals surface area (Å²) >= 11 is 0. The molecule has 0 N–H and O–H groups in total. The van der Waals surface area contributed by atoms with Crippen molar-refractivity contribution in [3.05, 3.63) is 53.9 Å². The SMILES string of the molecule is CC(C)OC(=O)N1CCC(n2ncc(COc3ccc(-n4ccnn4)cc3F)c2C#N)CC1. The number of nitrogens with zero attached hydrogens (tertiary/aromatic N) is 7. The molecule has 0 atom stereocenters. The van der Waals surface area contributed by atoms with Crippen LogP contribution in [-0.2, 0) is 11.3 Å². The van der Waals surface area contributed by atoms with Crippen LogP contribution in [0.5, 0.6) is 5.75 Å². The largest absolute Gasteiger partial charge is 0.486 e. The number of piperidine rings is 1. The number of benzene rings is 1. The number of rotatable bonds is 6. The summed E-state index contributed by atoms with van der Waals surface area (Å²) in [5.74, 6) is -0.484. The average Bonchev–Trinajstić information content (AvgIpc) is 3.48. The standard InChI is InChI=1S/C22H24FN7O3/c1-15(2)33-22(31)28-8-5-17(6-9-28)30-20(12-24)16(13-26-30)14-32-21-4-3-18(11-19(21)23)29-10-7-25-27-29/h3-4,7,10-11,13,15,17H,5-6,8-9,14H2,1-2H3. The highest BCUT2D eigenvalue weighted by molar-refractivity contribution is 5.67. The third-order valence-corrected chi connectivity index (χ3v) is 5.37. The van der Waals surface area contributed by atoms with E-state index in [4.69, 9.17) is 9.47 Å². The fourth-order valence-corrected chi connectivity index (χ4v) is 3.72. The van der Waals surface area contributed by atoms with Crippen LogP contribution in [0, 0.1) is 17.1 Å². The van der Waals surface area contributed by atoms with Crippen molar-refractivity contribution in [2.75, 3.05) is 13.1 Å². The molecule has 3 heterocycles. The number of amides is 1. The van der Waals surface area contributed by atoms with Crippen molar-refractivity contribution in [1.82, 2.24) is 29.7 Å². The summed E-state index contributed by atoms with van der Waals surface area (Å²) in [7, 11) is 0. The van der Waals surface area contributed by atoms with Gasteiger partial charge < -0.3 is 14.4 Å². The molecule has 11 heteroatoms. The Morgan fingerprint density at radius 1 is 1.33 bits per heavy atom. The monoisotopic (exact) mass is 453 g/mol. The average molecular weight is 453 g/mol. The van der Waals surface area contributed by atoms with Gasteiger partial charge in [-0.3, -0.25) is 4.68 Å². The minimum atomic E-state index is -0.547. The van der Waals surface area contributed by atoms with Gasteiger partial charge in [-0.05, 0) is 38.8 Å². The fraction of sp³-hybridized carbons (Fsp3) is 0.409. The van der Waals surface area contributed by atoms with Crippen molar-refractivity contribution in [3.8, 4) is 17.5 Å². The Morgan fingerprint density at radius 2 is 2.12 bits per heavy atom. The fourth-order valence-electron chi connectivity index (χ4n) is 3.72. The van der Waals surface area contributed by atoms with Gasteiger partial charge in [-0.2, -0.15) is 10.4 Å². The zero-order valence-electron chi connectivity index (χ0n) is 18.4. The van der Waals surface area contributed by atoms with E-state index in [9.17, 15) is 14.4 Å². The molecule has 2 aromatic heterocycles. The Kier molecular flexibility index (Phi) is 6.53. The Balaban J connectivity index is 1.40. The van der Waals surface area contributed by atoms with Crippen molar-refractivity contribution in [2.24, 2.45) is 0 Å². The lowest BCUT2D eigenvalue weighted by molar-refractivity contribution is 0.0652. The van der Waals surface area contributed by atoms with E-state index >= 15 is 0 Å². The predicted molar refractivity (Wildman–Crippen MR) is 114 cm³/mol. The van der Waals surface area contributed by atoms with Crippen LogP contribution in [0.15, 0.2) is 36.8 Å². The van der Waals surface area contributed by atoms with E-state index in [1.54, 1.807) is 28.0 Å². The van der Waals surface area contributed by atoms with Crippen LogP contribution in [0.2, 0.25) is 0 Å². The smallest absolute Gasteiger partial charge is 0.410 e. The van der Waals surface area contributed by atoms with Gasteiger partial charge in [-0.25, -0.2) is 13.9 Å². The molecule has 0 unspecified atom stereocenters. The van der Waals surface area contributed by atoms with E-state index in [2.05, 4.69) is 21.5 Å². The maximum absolute atomic E-state index is 14.5. The first-order valence-corrected chi connectivity index (χ1v) is 10.7. The molecule has 1 saturated heterocycles. The molecule has 1 aliphatic rings. The zero-order chi connectivity index (χ0) is 23.4. The first-order valence-electron chi connectivity index (χ1n) is 10.7. The third-order valence-electron chi connectivity index (χ3n) is 5.37. The van der Waals surface area contributed by atoms with Gasteiger partial charge >= 0.3 is 6.09 Å². The van der Waals surface area contributed by atoms with Crippen LogP contribution >= 0.6 is 0 Å². The summed E-state index contributed by atoms with van der Waals surface area (Å²) in [5.41, 5.74) is 1.46. The number of hydrogen-bond donors (Lipinski definition) is 0. The molecule has 1 aromatic carbocycles. The van der Waals surface area contributed by atoms with Crippen LogP contribution in [0.4, 0.5) is 9.18 Å². The van der Waals surface area contributed by atoms with E-state index in [1.807, 2.05) is 13.8 Å². The lowest BCUT2D eigenvalue weighted by Crippen LogP contribution is -2.40. The van der Waals surface area contributed by atoms with E-state index in [1.165, 1.54) is 23.0 Å². The first-order chi connectivity index (χ1) is 16.0. The van der Waals surface area contributed by atoms with Crippen LogP contribution in [0.1, 0.15) is 44.0 Å². The number of ether oxygens (including phenoxy) is 2. The third kappa shape index (κ3) is 4.95. The second kappa shape index (κ2) is 9.68. The van der Waals surface area contributed by atoms with Crippen molar-refractivity contribution in [2.45, 2.75) is 45.4 Å². The lowest BCUT2D eigenvalue weighted by Gasteiger charge is -2.32. The zero-order valence-corrected chi connectivity index (χ0v) is 18.4. The van der Waals surface area contributed by atoms with E-state index < -0.39 is 5.82 Å². The van der Waals surface area contributed by atoms with Crippen molar-refractivity contribution >= 4 is 6.09 Å². The van der Waals surface area contributed by atoms with E-state index in [-0.39, 0.29) is 30.6 Å². The normalized spacial score (nSPS) is 14.3. The Labute approximate surface area is 190 Å². The van der Waals surface area contributed by atoms with Gasteiger partial charge in [0.05, 0.1) is 36.4 Å². The van der Waals surface area contributed by atoms with Crippen LogP contribution in [-0.4, -0.2) is 55.0 Å². The molecular weight excluding hydrogens is 429 g/mol. The highest BCUT2D eigenvalue weighted by Crippen LogP contribution is 2.26. The van der Waals surface area contributed by atoms with Crippen LogP contribution in [0.25, 0.3) is 5.69 Å². The molecule has 0 radical (unpaired) electrons. The number of likely N-dealkylation sites (tertiary alicyclic amines) is 1. The summed E-state index contributed by atoms with van der Waals surface area (Å²) in [6.45, 7) is 4.68. The summed E-state index contributed by atoms with van der Waals surface area (Å²) in [6, 6.07) is 6.64. The Morgan fingerprint density at radius 3 is 2.76 bits per heavy atom. The number of carbonyl (C=O) groups excluding carboxylic acids is 1. The van der Waals surface area contributed by atoms with Gasteiger partial charge in [0, 0.05) is 24.7 Å². The van der Waals surface area contributed by atoms with E-state index in [0.29, 0.717) is 42.9 Å². The van der Waals surface area contributed by atoms with Crippen molar-refractivity contribution < 1.29 is 18.7 Å². The lowest BCUT2D eigenvalue weighted by atomic mass is 10.1. The molecule has 172 valence electrons. The van der Waals surface area contributed by atoms with Gasteiger partial charge in [0.1, 0.15) is 18.4 Å². The Bertz CT molecular complexity index is 1150. The molecule has 4 rings (SSSR count). The summed E-state index contributed by atoms with van der Waals surface area (Å²) in [6.07, 6.45) is 5.50. The molecule has 1 fully saturated rings. The Hall–Kier alpha value is -3.94. The minimum Gasteiger partial charge on any atom is -0.486 e. The van der Waals surface area contributed by atoms with Gasteiger partial charge in [-0.15, -0.1) is 5.10 Å². The molecule has 0 saturated carbocycles. The van der Waals surface area contributed by atoms with Gasteiger partial charge in [-0.1, -0.05) is 5.21 Å². The van der Waals surface area contributed by atoms with Crippen molar-refractivity contribution in [1.29, 1.82) is 5.26 Å². The molecule has 10 nitrogen and oxygen atoms in total. The molecule has 1 aliphatic heterocycles. The predicted octanol–water partition coefficient (Wildman–Crippen LogP) is 3.24. The first kappa shape index (κ1) is 22.3. The highest BCUT2D eigenvalue weighted by atomic mass is 19.1. The highest BCUT2D eigenvalue weighted by Gasteiger charge is 2.27. The molecular formula is C22H24FN7O3. The summed E-state index contributed by atoms with van der Waals surface area (Å²) in [4.78, 5) is 13.8. The summed E-state index contributed by atoms with van der Waals surface area (Å²) in [5, 5.41) is 21.6. The maximum Gasteiger partial charge on any atom is 0.410 e. The summed E-state index contributed by atoms with van der Waals surface area (Å²) < 4.78 is 28.5. The molecule has 0 spiro atoms. The molecule has 3 aromatic rings. The topological polar surface area (TPSA) is 111 Å². The molecule has 0 bridgehead atoms. The second-order valence-corrected chi connectivity index (χ2v) is 7.98. The number of carbonyl (C=O) groups is 1. The van der Waals surface area contributed by atoms with E-state index in [0.717, 1.165) is 0 Å².